The molecule has 0 aromatic heterocycles. The minimum atomic E-state index is -2.35. The maximum atomic E-state index is 12.3. The van der Waals surface area contributed by atoms with Gasteiger partial charge >= 0.3 is 6.04 Å². The van der Waals surface area contributed by atoms with Crippen LogP contribution in [0.1, 0.15) is 12.8 Å². The van der Waals surface area contributed by atoms with Crippen LogP contribution < -0.4 is 0 Å². The molecule has 1 fully saturated rings. The second kappa shape index (κ2) is 1.67. The van der Waals surface area contributed by atoms with Gasteiger partial charge in [0.25, 0.3) is 0 Å². The summed E-state index contributed by atoms with van der Waals surface area (Å²) in [5.41, 5.74) is 0. The molecule has 0 saturated heterocycles. The van der Waals surface area contributed by atoms with Gasteiger partial charge in [0.1, 0.15) is 0 Å². The predicted molar refractivity (Wildman–Crippen MR) is 25.8 cm³/mol. The number of hydrogen-bond donors (Lipinski definition) is 1. The third-order valence-corrected chi connectivity index (χ3v) is 1.37. The molecule has 1 saturated carbocycles. The van der Waals surface area contributed by atoms with Crippen molar-refractivity contribution in [1.82, 2.24) is 0 Å². The largest absolute Gasteiger partial charge is 0.340 e. The number of ether oxygens (including phenoxy) is 1. The van der Waals surface area contributed by atoms with Crippen molar-refractivity contribution >= 4 is 0 Å². The summed E-state index contributed by atoms with van der Waals surface area (Å²) in [6, 6.07) is -2.35. The summed E-state index contributed by atoms with van der Waals surface area (Å²) < 4.78 is 16.5. The number of hydrogen-bond acceptors (Lipinski definition) is 2. The average molecular weight is 120 g/mol. The lowest BCUT2D eigenvalue weighted by atomic mass is 10.4. The minimum absolute atomic E-state index is 0.271. The molecule has 2 nitrogen and oxygen atoms in total. The van der Waals surface area contributed by atoms with Crippen LogP contribution in [0.3, 0.4) is 0 Å². The third-order valence-electron chi connectivity index (χ3n) is 1.37. The summed E-state index contributed by atoms with van der Waals surface area (Å²) in [6.45, 7) is 0. The zero-order chi connectivity index (χ0) is 6.20. The Kier molecular flexibility index (Phi) is 1.25. The summed E-state index contributed by atoms with van der Waals surface area (Å²) in [6.07, 6.45) is 1.47. The van der Waals surface area contributed by atoms with Gasteiger partial charge in [-0.3, -0.25) is 0 Å². The van der Waals surface area contributed by atoms with Crippen molar-refractivity contribution in [2.24, 2.45) is 5.92 Å². The Balaban J connectivity index is 2.37. The minimum Gasteiger partial charge on any atom is -0.340 e. The van der Waals surface area contributed by atoms with Crippen LogP contribution in [0.25, 0.3) is 0 Å². The molecule has 1 atom stereocenters. The Hall–Kier alpha value is -0.150. The first-order valence-electron chi connectivity index (χ1n) is 2.63. The highest BCUT2D eigenvalue weighted by Gasteiger charge is 2.44. The number of aliphatic hydroxyl groups is 1. The smallest absolute Gasteiger partial charge is 0.320 e. The second-order valence-electron chi connectivity index (χ2n) is 2.09. The highest BCUT2D eigenvalue weighted by Crippen LogP contribution is 2.40. The van der Waals surface area contributed by atoms with Gasteiger partial charge in [0.15, 0.2) is 0 Å². The molecule has 8 heavy (non-hydrogen) atoms. The Morgan fingerprint density at radius 2 is 2.25 bits per heavy atom. The SMILES string of the molecule is COC(O)(F)C1CC1. The number of halogens is 1. The van der Waals surface area contributed by atoms with Gasteiger partial charge in [0.05, 0.1) is 0 Å². The fourth-order valence-corrected chi connectivity index (χ4v) is 0.606. The Morgan fingerprint density at radius 1 is 1.75 bits per heavy atom. The first kappa shape index (κ1) is 5.98. The van der Waals surface area contributed by atoms with E-state index in [4.69, 9.17) is 5.11 Å². The van der Waals surface area contributed by atoms with E-state index in [9.17, 15) is 4.39 Å². The van der Waals surface area contributed by atoms with E-state index in [1.54, 1.807) is 0 Å². The van der Waals surface area contributed by atoms with Crippen LogP contribution in [0.15, 0.2) is 0 Å². The lowest BCUT2D eigenvalue weighted by Gasteiger charge is -2.14. The van der Waals surface area contributed by atoms with Gasteiger partial charge in [-0.2, -0.15) is 4.39 Å². The van der Waals surface area contributed by atoms with Crippen LogP contribution >= 0.6 is 0 Å². The molecule has 1 rings (SSSR count). The van der Waals surface area contributed by atoms with Crippen molar-refractivity contribution in [2.75, 3.05) is 7.11 Å². The molecular formula is C5H9FO2. The first-order valence-corrected chi connectivity index (χ1v) is 2.63. The van der Waals surface area contributed by atoms with Crippen LogP contribution in [0.4, 0.5) is 4.39 Å². The molecule has 1 aliphatic rings. The molecule has 1 unspecified atom stereocenters. The van der Waals surface area contributed by atoms with Gasteiger partial charge in [0.2, 0.25) is 0 Å². The van der Waals surface area contributed by atoms with Crippen molar-refractivity contribution in [3.63, 3.8) is 0 Å². The number of rotatable bonds is 2. The quantitative estimate of drug-likeness (QED) is 0.542. The van der Waals surface area contributed by atoms with E-state index in [2.05, 4.69) is 4.74 Å². The van der Waals surface area contributed by atoms with Crippen LogP contribution in [0.2, 0.25) is 0 Å². The van der Waals surface area contributed by atoms with Gasteiger partial charge in [-0.15, -0.1) is 0 Å². The first-order chi connectivity index (χ1) is 3.67. The van der Waals surface area contributed by atoms with Crippen molar-refractivity contribution < 1.29 is 14.2 Å². The maximum absolute atomic E-state index is 12.3. The Labute approximate surface area is 47.3 Å². The highest BCUT2D eigenvalue weighted by atomic mass is 19.2. The second-order valence-corrected chi connectivity index (χ2v) is 2.09. The molecule has 1 aliphatic carbocycles. The summed E-state index contributed by atoms with van der Waals surface area (Å²) in [7, 11) is 1.16. The zero-order valence-corrected chi connectivity index (χ0v) is 4.72. The Bertz CT molecular complexity index is 88.4. The molecule has 0 spiro atoms. The summed E-state index contributed by atoms with van der Waals surface area (Å²) in [5, 5.41) is 8.57. The van der Waals surface area contributed by atoms with Crippen molar-refractivity contribution in [1.29, 1.82) is 0 Å². The molecule has 0 aromatic rings. The van der Waals surface area contributed by atoms with Gasteiger partial charge in [-0.1, -0.05) is 0 Å². The average Bonchev–Trinajstić information content (AvgIpc) is 2.44. The summed E-state index contributed by atoms with van der Waals surface area (Å²) >= 11 is 0. The fraction of sp³-hybridized carbons (Fsp3) is 1.00. The molecule has 0 bridgehead atoms. The van der Waals surface area contributed by atoms with E-state index >= 15 is 0 Å². The lowest BCUT2D eigenvalue weighted by Crippen LogP contribution is -2.26. The van der Waals surface area contributed by atoms with Crippen LogP contribution in [0, 0.1) is 5.92 Å². The van der Waals surface area contributed by atoms with E-state index < -0.39 is 6.04 Å². The molecule has 0 amide bonds. The van der Waals surface area contributed by atoms with E-state index in [-0.39, 0.29) is 5.92 Å². The van der Waals surface area contributed by atoms with Crippen molar-refractivity contribution in [3.8, 4) is 0 Å². The number of alkyl halides is 1. The maximum Gasteiger partial charge on any atom is 0.320 e. The van der Waals surface area contributed by atoms with Gasteiger partial charge in [0, 0.05) is 13.0 Å². The fourth-order valence-electron chi connectivity index (χ4n) is 0.606. The van der Waals surface area contributed by atoms with Crippen LogP contribution in [-0.2, 0) is 4.74 Å². The van der Waals surface area contributed by atoms with E-state index in [1.165, 1.54) is 7.11 Å². The standard InChI is InChI=1S/C5H9FO2/c1-8-5(6,7)4-2-3-4/h4,7H,2-3H2,1H3. The molecule has 0 heterocycles. The van der Waals surface area contributed by atoms with E-state index in [0.29, 0.717) is 0 Å². The summed E-state index contributed by atoms with van der Waals surface area (Å²) in [4.78, 5) is 0. The Morgan fingerprint density at radius 3 is 2.38 bits per heavy atom. The molecular weight excluding hydrogens is 111 g/mol. The monoisotopic (exact) mass is 120 g/mol. The van der Waals surface area contributed by atoms with E-state index in [0.717, 1.165) is 12.8 Å². The molecule has 0 aromatic carbocycles. The van der Waals surface area contributed by atoms with Gasteiger partial charge < -0.3 is 9.84 Å². The van der Waals surface area contributed by atoms with Gasteiger partial charge in [-0.05, 0) is 12.8 Å². The molecule has 0 aliphatic heterocycles. The lowest BCUT2D eigenvalue weighted by molar-refractivity contribution is -0.289. The van der Waals surface area contributed by atoms with Crippen LogP contribution in [-0.4, -0.2) is 18.3 Å². The van der Waals surface area contributed by atoms with Crippen molar-refractivity contribution in [3.05, 3.63) is 0 Å². The normalized spacial score (nSPS) is 27.4. The topological polar surface area (TPSA) is 29.5 Å². The highest BCUT2D eigenvalue weighted by molar-refractivity contribution is 4.80. The van der Waals surface area contributed by atoms with E-state index in [1.807, 2.05) is 0 Å². The third kappa shape index (κ3) is 0.980. The molecule has 3 heteroatoms. The zero-order valence-electron chi connectivity index (χ0n) is 4.72. The molecule has 48 valence electrons. The predicted octanol–water partition coefficient (Wildman–Crippen LogP) is 0.658. The molecule has 1 N–H and O–H groups in total. The van der Waals surface area contributed by atoms with Gasteiger partial charge in [-0.25, -0.2) is 0 Å². The van der Waals surface area contributed by atoms with Crippen molar-refractivity contribution in [2.45, 2.75) is 18.9 Å². The van der Waals surface area contributed by atoms with Crippen LogP contribution in [0.5, 0.6) is 0 Å². The molecule has 0 radical (unpaired) electrons. The summed E-state index contributed by atoms with van der Waals surface area (Å²) in [5.74, 6) is -0.271. The number of methoxy groups -OCH3 is 1.